The van der Waals surface area contributed by atoms with Crippen molar-refractivity contribution in [2.45, 2.75) is 37.9 Å². The van der Waals surface area contributed by atoms with Gasteiger partial charge in [0.15, 0.2) is 5.16 Å². The largest absolute Gasteiger partial charge is 0.298 e. The molecule has 3 rings (SSSR count). The van der Waals surface area contributed by atoms with Crippen molar-refractivity contribution < 1.29 is 4.79 Å². The molecule has 0 aliphatic carbocycles. The van der Waals surface area contributed by atoms with Crippen LogP contribution < -0.4 is 10.5 Å². The van der Waals surface area contributed by atoms with Crippen LogP contribution in [0.15, 0.2) is 63.0 Å². The highest BCUT2D eigenvalue weighted by atomic mass is 79.9. The lowest BCUT2D eigenvalue weighted by atomic mass is 10.2. The number of para-hydroxylation sites is 1. The quantitative estimate of drug-likeness (QED) is 0.179. The highest BCUT2D eigenvalue weighted by Gasteiger charge is 2.18. The van der Waals surface area contributed by atoms with Gasteiger partial charge < -0.3 is 0 Å². The van der Waals surface area contributed by atoms with Gasteiger partial charge in [-0.25, -0.2) is 4.98 Å². The van der Waals surface area contributed by atoms with Gasteiger partial charge in [0, 0.05) is 16.7 Å². The smallest absolute Gasteiger partial charge is 0.262 e. The van der Waals surface area contributed by atoms with E-state index in [0.717, 1.165) is 23.7 Å². The molecule has 160 valence electrons. The second-order valence-electron chi connectivity index (χ2n) is 6.98. The molecule has 1 amide bonds. The van der Waals surface area contributed by atoms with Crippen LogP contribution in [0, 0.1) is 11.3 Å². The Morgan fingerprint density at radius 3 is 2.71 bits per heavy atom. The first-order chi connectivity index (χ1) is 15.0. The molecule has 0 aliphatic heterocycles. The maximum absolute atomic E-state index is 13.1. The lowest BCUT2D eigenvalue weighted by Gasteiger charge is -2.20. The van der Waals surface area contributed by atoms with Crippen LogP contribution in [-0.2, 0) is 11.3 Å². The van der Waals surface area contributed by atoms with Crippen molar-refractivity contribution in [3.63, 3.8) is 0 Å². The number of rotatable bonds is 9. The number of benzene rings is 2. The third-order valence-corrected chi connectivity index (χ3v) is 6.24. The van der Waals surface area contributed by atoms with Crippen molar-refractivity contribution in [1.82, 2.24) is 9.55 Å². The number of hydrogen-bond donors (Lipinski definition) is 0. The van der Waals surface area contributed by atoms with E-state index in [9.17, 15) is 9.59 Å². The van der Waals surface area contributed by atoms with E-state index in [1.807, 2.05) is 24.3 Å². The van der Waals surface area contributed by atoms with Gasteiger partial charge in [0.2, 0.25) is 5.91 Å². The van der Waals surface area contributed by atoms with Crippen LogP contribution in [-0.4, -0.2) is 27.8 Å². The molecule has 2 aromatic carbocycles. The summed E-state index contributed by atoms with van der Waals surface area (Å²) in [6.07, 6.45) is 2.92. The first kappa shape index (κ1) is 23.0. The molecule has 0 bridgehead atoms. The van der Waals surface area contributed by atoms with E-state index in [2.05, 4.69) is 33.9 Å². The third kappa shape index (κ3) is 5.75. The van der Waals surface area contributed by atoms with Crippen molar-refractivity contribution in [3.8, 4) is 6.07 Å². The number of carbonyl (C=O) groups excluding carboxylic acids is 1. The van der Waals surface area contributed by atoms with E-state index in [1.165, 1.54) is 16.7 Å². The average molecular weight is 499 g/mol. The van der Waals surface area contributed by atoms with Crippen LogP contribution in [0.25, 0.3) is 10.9 Å². The molecular formula is C23H23BrN4O2S. The SMILES string of the molecule is CCCCCn1c(SCC(=O)N(CC#N)c2ccccc2)nc2ccc(Br)cc2c1=O. The average Bonchev–Trinajstić information content (AvgIpc) is 2.78. The topological polar surface area (TPSA) is 79.0 Å². The molecule has 0 fully saturated rings. The number of amides is 1. The highest BCUT2D eigenvalue weighted by molar-refractivity contribution is 9.10. The van der Waals surface area contributed by atoms with E-state index in [4.69, 9.17) is 5.26 Å². The molecule has 31 heavy (non-hydrogen) atoms. The summed E-state index contributed by atoms with van der Waals surface area (Å²) < 4.78 is 2.49. The van der Waals surface area contributed by atoms with E-state index >= 15 is 0 Å². The molecule has 0 saturated heterocycles. The number of halogens is 1. The van der Waals surface area contributed by atoms with Crippen molar-refractivity contribution in [2.75, 3.05) is 17.2 Å². The molecular weight excluding hydrogens is 476 g/mol. The van der Waals surface area contributed by atoms with Crippen LogP contribution in [0.2, 0.25) is 0 Å². The number of carbonyl (C=O) groups is 1. The van der Waals surface area contributed by atoms with Gasteiger partial charge in [0.1, 0.15) is 6.54 Å². The molecule has 0 radical (unpaired) electrons. The van der Waals surface area contributed by atoms with Gasteiger partial charge in [0.25, 0.3) is 5.56 Å². The van der Waals surface area contributed by atoms with Gasteiger partial charge in [0.05, 0.1) is 22.7 Å². The monoisotopic (exact) mass is 498 g/mol. The summed E-state index contributed by atoms with van der Waals surface area (Å²) in [4.78, 5) is 32.2. The Labute approximate surface area is 194 Å². The number of thioether (sulfide) groups is 1. The summed E-state index contributed by atoms with van der Waals surface area (Å²) in [7, 11) is 0. The van der Waals surface area contributed by atoms with Crippen molar-refractivity contribution >= 4 is 50.2 Å². The second-order valence-corrected chi connectivity index (χ2v) is 8.84. The lowest BCUT2D eigenvalue weighted by molar-refractivity contribution is -0.116. The first-order valence-electron chi connectivity index (χ1n) is 10.1. The van der Waals surface area contributed by atoms with Gasteiger partial charge in [-0.1, -0.05) is 65.7 Å². The molecule has 0 saturated carbocycles. The zero-order valence-electron chi connectivity index (χ0n) is 17.3. The zero-order chi connectivity index (χ0) is 22.2. The molecule has 8 heteroatoms. The van der Waals surface area contributed by atoms with Crippen LogP contribution in [0.1, 0.15) is 26.2 Å². The van der Waals surface area contributed by atoms with E-state index in [0.29, 0.717) is 28.3 Å². The molecule has 1 heterocycles. The summed E-state index contributed by atoms with van der Waals surface area (Å²) in [6, 6.07) is 16.6. The number of nitrogens with zero attached hydrogens (tertiary/aromatic N) is 4. The van der Waals surface area contributed by atoms with Gasteiger partial charge in [-0.15, -0.1) is 0 Å². The minimum Gasteiger partial charge on any atom is -0.298 e. The standard InChI is InChI=1S/C23H23BrN4O2S/c1-2-3-7-13-28-22(30)19-15-17(24)10-11-20(19)26-23(28)31-16-21(29)27(14-12-25)18-8-5-4-6-9-18/h4-6,8-11,15H,2-3,7,13-14,16H2,1H3. The van der Waals surface area contributed by atoms with Crippen LogP contribution in [0.3, 0.4) is 0 Å². The Bertz CT molecular complexity index is 1160. The number of hydrogen-bond acceptors (Lipinski definition) is 5. The van der Waals surface area contributed by atoms with E-state index in [-0.39, 0.29) is 23.8 Å². The van der Waals surface area contributed by atoms with Crippen molar-refractivity contribution in [1.29, 1.82) is 5.26 Å². The number of aromatic nitrogens is 2. The normalized spacial score (nSPS) is 10.7. The Balaban J connectivity index is 1.89. The van der Waals surface area contributed by atoms with Crippen LogP contribution in [0.4, 0.5) is 5.69 Å². The molecule has 0 N–H and O–H groups in total. The summed E-state index contributed by atoms with van der Waals surface area (Å²) in [5, 5.41) is 10.2. The van der Waals surface area contributed by atoms with Crippen molar-refractivity contribution in [2.24, 2.45) is 0 Å². The lowest BCUT2D eigenvalue weighted by Crippen LogP contribution is -2.33. The maximum atomic E-state index is 13.1. The van der Waals surface area contributed by atoms with Gasteiger partial charge >= 0.3 is 0 Å². The minimum absolute atomic E-state index is 0.0358. The first-order valence-corrected chi connectivity index (χ1v) is 11.9. The van der Waals surface area contributed by atoms with Gasteiger partial charge in [-0.3, -0.25) is 19.1 Å². The number of fused-ring (bicyclic) bond motifs is 1. The fourth-order valence-corrected chi connectivity index (χ4v) is 4.47. The maximum Gasteiger partial charge on any atom is 0.262 e. The fraction of sp³-hybridized carbons (Fsp3) is 0.304. The van der Waals surface area contributed by atoms with Crippen molar-refractivity contribution in [3.05, 3.63) is 63.4 Å². The van der Waals surface area contributed by atoms with Crippen LogP contribution >= 0.6 is 27.7 Å². The minimum atomic E-state index is -0.206. The Morgan fingerprint density at radius 1 is 1.23 bits per heavy atom. The van der Waals surface area contributed by atoms with E-state index in [1.54, 1.807) is 28.8 Å². The fourth-order valence-electron chi connectivity index (χ4n) is 3.21. The molecule has 0 aliphatic rings. The van der Waals surface area contributed by atoms with Gasteiger partial charge in [-0.2, -0.15) is 5.26 Å². The molecule has 0 atom stereocenters. The number of unbranched alkanes of at least 4 members (excludes halogenated alkanes) is 2. The predicted molar refractivity (Wildman–Crippen MR) is 128 cm³/mol. The molecule has 0 spiro atoms. The number of anilines is 1. The second kappa shape index (κ2) is 11.1. The zero-order valence-corrected chi connectivity index (χ0v) is 19.7. The summed E-state index contributed by atoms with van der Waals surface area (Å²) >= 11 is 4.65. The van der Waals surface area contributed by atoms with Gasteiger partial charge in [-0.05, 0) is 36.8 Å². The number of nitriles is 1. The molecule has 0 unspecified atom stereocenters. The summed E-state index contributed by atoms with van der Waals surface area (Å²) in [5.41, 5.74) is 1.17. The Morgan fingerprint density at radius 2 is 2.00 bits per heavy atom. The van der Waals surface area contributed by atoms with E-state index < -0.39 is 0 Å². The van der Waals surface area contributed by atoms with Crippen LogP contribution in [0.5, 0.6) is 0 Å². The Hall–Kier alpha value is -2.63. The summed E-state index contributed by atoms with van der Waals surface area (Å²) in [6.45, 7) is 2.63. The third-order valence-electron chi connectivity index (χ3n) is 4.79. The predicted octanol–water partition coefficient (Wildman–Crippen LogP) is 5.00. The summed E-state index contributed by atoms with van der Waals surface area (Å²) in [5.74, 6) is -0.123. The highest BCUT2D eigenvalue weighted by Crippen LogP contribution is 2.22. The Kier molecular flexibility index (Phi) is 8.27. The molecule has 6 nitrogen and oxygen atoms in total. The molecule has 1 aromatic heterocycles. The molecule has 3 aromatic rings.